The Morgan fingerprint density at radius 1 is 0.951 bits per heavy atom. The van der Waals surface area contributed by atoms with Crippen LogP contribution in [0.4, 0.5) is 28.0 Å². The minimum Gasteiger partial charge on any atom is -0.478 e. The highest BCUT2D eigenvalue weighted by atomic mass is 19.4. The number of carbonyl (C=O) groups excluding carboxylic acids is 1. The van der Waals surface area contributed by atoms with E-state index in [9.17, 15) is 32.3 Å². The van der Waals surface area contributed by atoms with Gasteiger partial charge in [-0.05, 0) is 86.7 Å². The number of carbonyl (C=O) groups is 2. The van der Waals surface area contributed by atoms with Crippen molar-refractivity contribution >= 4 is 23.5 Å². The van der Waals surface area contributed by atoms with Crippen LogP contribution >= 0.6 is 0 Å². The maximum Gasteiger partial charge on any atom is 0.416 e. The topological polar surface area (TPSA) is 103 Å². The van der Waals surface area contributed by atoms with Gasteiger partial charge >= 0.3 is 18.2 Å². The lowest BCUT2D eigenvalue weighted by molar-refractivity contribution is -0.152. The number of anilines is 1. The second-order valence-electron chi connectivity index (χ2n) is 9.86. The SMILES string of the molecule is CC(C)(Oc1ccc(CCCC(=N)N(CCc2ccccc2F)C(=O)Nc2ccc(C(F)(F)F)cc2)cc1)C(=O)O. The Kier molecular flexibility index (Phi) is 10.1. The lowest BCUT2D eigenvalue weighted by atomic mass is 10.1. The van der Waals surface area contributed by atoms with Crippen LogP contribution in [0.3, 0.4) is 0 Å². The number of ether oxygens (including phenoxy) is 1. The van der Waals surface area contributed by atoms with E-state index >= 15 is 0 Å². The van der Waals surface area contributed by atoms with Crippen molar-refractivity contribution in [2.75, 3.05) is 11.9 Å². The highest BCUT2D eigenvalue weighted by Crippen LogP contribution is 2.30. The molecule has 0 bridgehead atoms. The molecule has 218 valence electrons. The normalized spacial score (nSPS) is 11.6. The van der Waals surface area contributed by atoms with E-state index in [1.54, 1.807) is 42.5 Å². The van der Waals surface area contributed by atoms with Crippen LogP contribution in [0.5, 0.6) is 5.75 Å². The zero-order chi connectivity index (χ0) is 30.2. The molecule has 7 nitrogen and oxygen atoms in total. The van der Waals surface area contributed by atoms with Crippen LogP contribution in [0.25, 0.3) is 0 Å². The predicted molar refractivity (Wildman–Crippen MR) is 147 cm³/mol. The smallest absolute Gasteiger partial charge is 0.416 e. The van der Waals surface area contributed by atoms with Crippen LogP contribution < -0.4 is 10.1 Å². The van der Waals surface area contributed by atoms with Gasteiger partial charge in [-0.2, -0.15) is 13.2 Å². The molecular weight excluding hydrogens is 542 g/mol. The second kappa shape index (κ2) is 13.3. The lowest BCUT2D eigenvalue weighted by Gasteiger charge is -2.24. The summed E-state index contributed by atoms with van der Waals surface area (Å²) in [7, 11) is 0. The standard InChI is InChI=1S/C30H31F4N3O4/c1-29(2,27(38)39)41-24-16-10-20(11-17-24)6-5-9-26(35)37(19-18-21-7-3-4-8-25(21)31)28(40)36-23-14-12-22(13-15-23)30(32,33)34/h3-4,7-8,10-17,35H,5-6,9,18-19H2,1-2H3,(H,36,40)(H,38,39). The first-order valence-corrected chi connectivity index (χ1v) is 12.8. The van der Waals surface area contributed by atoms with E-state index in [1.807, 2.05) is 0 Å². The quantitative estimate of drug-likeness (QED) is 0.129. The van der Waals surface area contributed by atoms with Crippen LogP contribution in [0.2, 0.25) is 0 Å². The highest BCUT2D eigenvalue weighted by molar-refractivity contribution is 6.02. The van der Waals surface area contributed by atoms with E-state index in [-0.39, 0.29) is 30.9 Å². The van der Waals surface area contributed by atoms with Gasteiger partial charge in [-0.15, -0.1) is 0 Å². The van der Waals surface area contributed by atoms with Gasteiger partial charge in [0.25, 0.3) is 0 Å². The van der Waals surface area contributed by atoms with Gasteiger partial charge in [0, 0.05) is 18.7 Å². The third-order valence-corrected chi connectivity index (χ3v) is 6.29. The fraction of sp³-hybridized carbons (Fsp3) is 0.300. The first-order chi connectivity index (χ1) is 19.3. The molecule has 2 amide bonds. The molecule has 0 atom stereocenters. The van der Waals surface area contributed by atoms with E-state index in [0.29, 0.717) is 24.2 Å². The van der Waals surface area contributed by atoms with Gasteiger partial charge in [0.05, 0.1) is 5.56 Å². The monoisotopic (exact) mass is 573 g/mol. The van der Waals surface area contributed by atoms with Gasteiger partial charge in [-0.1, -0.05) is 30.3 Å². The average molecular weight is 574 g/mol. The maximum atomic E-state index is 14.2. The van der Waals surface area contributed by atoms with E-state index in [4.69, 9.17) is 10.1 Å². The fourth-order valence-electron chi connectivity index (χ4n) is 3.88. The van der Waals surface area contributed by atoms with Gasteiger partial charge in [0.15, 0.2) is 5.60 Å². The summed E-state index contributed by atoms with van der Waals surface area (Å²) in [6.45, 7) is 2.87. The third kappa shape index (κ3) is 9.06. The van der Waals surface area contributed by atoms with E-state index in [0.717, 1.165) is 34.7 Å². The molecule has 11 heteroatoms. The number of hydrogen-bond donors (Lipinski definition) is 3. The Bertz CT molecular complexity index is 1360. The summed E-state index contributed by atoms with van der Waals surface area (Å²) in [5.41, 5.74) is -0.847. The van der Waals surface area contributed by atoms with Crippen molar-refractivity contribution in [3.8, 4) is 5.75 Å². The lowest BCUT2D eigenvalue weighted by Crippen LogP contribution is -2.41. The molecule has 0 aliphatic carbocycles. The average Bonchev–Trinajstić information content (AvgIpc) is 2.90. The van der Waals surface area contributed by atoms with Crippen LogP contribution in [0, 0.1) is 11.2 Å². The predicted octanol–water partition coefficient (Wildman–Crippen LogP) is 7.16. The van der Waals surface area contributed by atoms with Crippen LogP contribution in [0.1, 0.15) is 43.4 Å². The number of amidine groups is 1. The number of nitrogens with one attached hydrogen (secondary N) is 2. The number of aliphatic carboxylic acids is 1. The summed E-state index contributed by atoms with van der Waals surface area (Å²) in [4.78, 5) is 25.5. The molecular formula is C30H31F4N3O4. The number of alkyl halides is 3. The number of nitrogens with zero attached hydrogens (tertiary/aromatic N) is 1. The summed E-state index contributed by atoms with van der Waals surface area (Å²) in [6.07, 6.45) is -3.15. The van der Waals surface area contributed by atoms with E-state index < -0.39 is 35.2 Å². The number of aryl methyl sites for hydroxylation is 1. The molecule has 0 aliphatic rings. The summed E-state index contributed by atoms with van der Waals surface area (Å²) >= 11 is 0. The molecule has 0 spiro atoms. The van der Waals surface area contributed by atoms with Gasteiger partial charge < -0.3 is 15.2 Å². The minimum atomic E-state index is -4.52. The Morgan fingerprint density at radius 2 is 1.59 bits per heavy atom. The Balaban J connectivity index is 1.64. The molecule has 41 heavy (non-hydrogen) atoms. The van der Waals surface area contributed by atoms with Crippen molar-refractivity contribution in [1.29, 1.82) is 5.41 Å². The van der Waals surface area contributed by atoms with Crippen molar-refractivity contribution in [2.45, 2.75) is 51.3 Å². The Labute approximate surface area is 235 Å². The largest absolute Gasteiger partial charge is 0.478 e. The maximum absolute atomic E-state index is 14.2. The number of hydrogen-bond acceptors (Lipinski definition) is 4. The first kappa shape index (κ1) is 31.1. The van der Waals surface area contributed by atoms with Gasteiger partial charge in [0.2, 0.25) is 0 Å². The van der Waals surface area contributed by atoms with Gasteiger partial charge in [-0.25, -0.2) is 14.0 Å². The zero-order valence-corrected chi connectivity index (χ0v) is 22.6. The van der Waals surface area contributed by atoms with Crippen LogP contribution in [-0.2, 0) is 23.8 Å². The molecule has 3 aromatic carbocycles. The molecule has 0 unspecified atom stereocenters. The Morgan fingerprint density at radius 3 is 2.17 bits per heavy atom. The summed E-state index contributed by atoms with van der Waals surface area (Å²) in [6, 6.07) is 16.2. The molecule has 3 rings (SSSR count). The minimum absolute atomic E-state index is 0.0162. The number of amides is 2. The number of rotatable bonds is 11. The first-order valence-electron chi connectivity index (χ1n) is 12.8. The third-order valence-electron chi connectivity index (χ3n) is 6.29. The molecule has 0 radical (unpaired) electrons. The molecule has 0 heterocycles. The molecule has 3 N–H and O–H groups in total. The number of halogens is 4. The van der Waals surface area contributed by atoms with Crippen molar-refractivity contribution in [3.05, 3.63) is 95.3 Å². The number of urea groups is 1. The van der Waals surface area contributed by atoms with E-state index in [2.05, 4.69) is 5.32 Å². The zero-order valence-electron chi connectivity index (χ0n) is 22.6. The van der Waals surface area contributed by atoms with Crippen molar-refractivity contribution < 1.29 is 37.0 Å². The molecule has 0 saturated carbocycles. The number of carboxylic acid groups (broad SMARTS) is 1. The molecule has 0 saturated heterocycles. The van der Waals surface area contributed by atoms with Crippen molar-refractivity contribution in [1.82, 2.24) is 4.90 Å². The van der Waals surface area contributed by atoms with Crippen molar-refractivity contribution in [2.24, 2.45) is 0 Å². The molecule has 3 aromatic rings. The number of benzene rings is 3. The van der Waals surface area contributed by atoms with Crippen LogP contribution in [-0.4, -0.2) is 40.0 Å². The van der Waals surface area contributed by atoms with E-state index in [1.165, 1.54) is 19.9 Å². The summed E-state index contributed by atoms with van der Waals surface area (Å²) in [5, 5.41) is 20.3. The van der Waals surface area contributed by atoms with Gasteiger partial charge in [-0.3, -0.25) is 10.3 Å². The van der Waals surface area contributed by atoms with Crippen molar-refractivity contribution in [3.63, 3.8) is 0 Å². The fourth-order valence-corrected chi connectivity index (χ4v) is 3.88. The number of carboxylic acids is 1. The molecule has 0 aliphatic heterocycles. The summed E-state index contributed by atoms with van der Waals surface area (Å²) in [5.74, 6) is -1.18. The van der Waals surface area contributed by atoms with Crippen LogP contribution in [0.15, 0.2) is 72.8 Å². The highest BCUT2D eigenvalue weighted by Gasteiger charge is 2.30. The van der Waals surface area contributed by atoms with Gasteiger partial charge in [0.1, 0.15) is 17.4 Å². The summed E-state index contributed by atoms with van der Waals surface area (Å²) < 4.78 is 58.3. The second-order valence-corrected chi connectivity index (χ2v) is 9.86. The Hall–Kier alpha value is -4.41. The molecule has 0 aromatic heterocycles. The molecule has 0 fully saturated rings.